The normalized spacial score (nSPS) is 10.5. The minimum atomic E-state index is -0.478. The zero-order valence-corrected chi connectivity index (χ0v) is 21.2. The molecule has 0 aliphatic rings. The standard InChI is InChI=1S/C23H26IN3O7/c1-4-33-21(29)14-34-22-18(24)11-15(12-19(22)32-3)13-26-27-20(28)9-10-25-23(30)16-5-7-17(31-2)8-6-16/h5-8,11-13H,4,9-10,14H2,1-3H3,(H,25,30)(H,27,28). The summed E-state index contributed by atoms with van der Waals surface area (Å²) in [5.74, 6) is 0.345. The summed E-state index contributed by atoms with van der Waals surface area (Å²) in [6.07, 6.45) is 1.51. The van der Waals surface area contributed by atoms with Crippen LogP contribution in [0.1, 0.15) is 29.3 Å². The van der Waals surface area contributed by atoms with Gasteiger partial charge in [-0.05, 0) is 71.5 Å². The minimum Gasteiger partial charge on any atom is -0.497 e. The number of carbonyl (C=O) groups excluding carboxylic acids is 3. The van der Waals surface area contributed by atoms with Gasteiger partial charge in [-0.25, -0.2) is 10.2 Å². The molecule has 0 aromatic heterocycles. The first-order valence-corrected chi connectivity index (χ1v) is 11.4. The Bertz CT molecular complexity index is 1030. The maximum absolute atomic E-state index is 12.1. The van der Waals surface area contributed by atoms with Gasteiger partial charge >= 0.3 is 5.97 Å². The Morgan fingerprint density at radius 1 is 1.09 bits per heavy atom. The second-order valence-corrected chi connectivity index (χ2v) is 7.82. The smallest absolute Gasteiger partial charge is 0.344 e. The van der Waals surface area contributed by atoms with Crippen molar-refractivity contribution in [3.8, 4) is 17.2 Å². The fourth-order valence-corrected chi connectivity index (χ4v) is 3.44. The number of hydrogen-bond donors (Lipinski definition) is 2. The predicted octanol–water partition coefficient (Wildman–Crippen LogP) is 2.52. The number of esters is 1. The molecular formula is C23H26IN3O7. The topological polar surface area (TPSA) is 125 Å². The van der Waals surface area contributed by atoms with Gasteiger partial charge in [-0.15, -0.1) is 0 Å². The summed E-state index contributed by atoms with van der Waals surface area (Å²) in [6.45, 7) is 1.91. The monoisotopic (exact) mass is 583 g/mol. The zero-order valence-electron chi connectivity index (χ0n) is 19.1. The number of rotatable bonds is 12. The fourth-order valence-electron chi connectivity index (χ4n) is 2.66. The highest BCUT2D eigenvalue weighted by molar-refractivity contribution is 14.1. The number of nitrogens with zero attached hydrogens (tertiary/aromatic N) is 1. The summed E-state index contributed by atoms with van der Waals surface area (Å²) in [4.78, 5) is 35.6. The molecule has 2 aromatic carbocycles. The molecule has 34 heavy (non-hydrogen) atoms. The van der Waals surface area contributed by atoms with Gasteiger partial charge < -0.3 is 24.3 Å². The number of hydrazone groups is 1. The largest absolute Gasteiger partial charge is 0.497 e. The summed E-state index contributed by atoms with van der Waals surface area (Å²) in [5.41, 5.74) is 3.53. The third kappa shape index (κ3) is 8.54. The van der Waals surface area contributed by atoms with Crippen LogP contribution >= 0.6 is 22.6 Å². The van der Waals surface area contributed by atoms with Crippen molar-refractivity contribution in [3.63, 3.8) is 0 Å². The lowest BCUT2D eigenvalue weighted by molar-refractivity contribution is -0.145. The number of nitrogens with one attached hydrogen (secondary N) is 2. The molecule has 0 heterocycles. The zero-order chi connectivity index (χ0) is 24.9. The molecule has 2 N–H and O–H groups in total. The Labute approximate surface area is 211 Å². The molecule has 0 aliphatic heterocycles. The number of benzene rings is 2. The molecule has 0 atom stereocenters. The molecule has 0 unspecified atom stereocenters. The summed E-state index contributed by atoms with van der Waals surface area (Å²) < 4.78 is 21.4. The average molecular weight is 583 g/mol. The highest BCUT2D eigenvalue weighted by Gasteiger charge is 2.13. The van der Waals surface area contributed by atoms with Crippen LogP contribution in [0.5, 0.6) is 17.2 Å². The molecule has 0 bridgehead atoms. The van der Waals surface area contributed by atoms with E-state index in [0.717, 1.165) is 0 Å². The van der Waals surface area contributed by atoms with Crippen molar-refractivity contribution in [2.24, 2.45) is 5.10 Å². The van der Waals surface area contributed by atoms with Crippen LogP contribution < -0.4 is 25.0 Å². The molecular weight excluding hydrogens is 557 g/mol. The van der Waals surface area contributed by atoms with Gasteiger partial charge in [0.2, 0.25) is 5.91 Å². The lowest BCUT2D eigenvalue weighted by atomic mass is 10.2. The number of amides is 2. The summed E-state index contributed by atoms with van der Waals surface area (Å²) in [5, 5.41) is 6.61. The maximum Gasteiger partial charge on any atom is 0.344 e. The Hall–Kier alpha value is -3.35. The van der Waals surface area contributed by atoms with E-state index in [0.29, 0.717) is 31.9 Å². The summed E-state index contributed by atoms with van der Waals surface area (Å²) in [6, 6.07) is 10.1. The summed E-state index contributed by atoms with van der Waals surface area (Å²) >= 11 is 2.05. The van der Waals surface area contributed by atoms with Gasteiger partial charge in [-0.2, -0.15) is 5.10 Å². The van der Waals surface area contributed by atoms with Crippen LogP contribution in [-0.2, 0) is 14.3 Å². The highest BCUT2D eigenvalue weighted by Crippen LogP contribution is 2.33. The van der Waals surface area contributed by atoms with Crippen LogP contribution in [-0.4, -0.2) is 58.0 Å². The first-order chi connectivity index (χ1) is 16.4. The molecule has 0 saturated heterocycles. The molecule has 182 valence electrons. The molecule has 0 aliphatic carbocycles. The number of methoxy groups -OCH3 is 2. The summed E-state index contributed by atoms with van der Waals surface area (Å²) in [7, 11) is 3.02. The van der Waals surface area contributed by atoms with Crippen LogP contribution in [0.25, 0.3) is 0 Å². The SMILES string of the molecule is CCOC(=O)COc1c(I)cc(C=NNC(=O)CCNC(=O)c2ccc(OC)cc2)cc1OC. The van der Waals surface area contributed by atoms with E-state index in [2.05, 4.69) is 15.8 Å². The first-order valence-electron chi connectivity index (χ1n) is 10.3. The third-order valence-corrected chi connectivity index (χ3v) is 5.09. The molecule has 2 rings (SSSR count). The van der Waals surface area contributed by atoms with E-state index in [9.17, 15) is 14.4 Å². The maximum atomic E-state index is 12.1. The number of halogens is 1. The fraction of sp³-hybridized carbons (Fsp3) is 0.304. The van der Waals surface area contributed by atoms with E-state index in [1.165, 1.54) is 13.3 Å². The Morgan fingerprint density at radius 2 is 1.82 bits per heavy atom. The number of hydrogen-bond acceptors (Lipinski definition) is 8. The Balaban J connectivity index is 1.84. The van der Waals surface area contributed by atoms with Crippen molar-refractivity contribution in [2.75, 3.05) is 34.0 Å². The van der Waals surface area contributed by atoms with Gasteiger partial charge in [-0.1, -0.05) is 0 Å². The van der Waals surface area contributed by atoms with E-state index in [4.69, 9.17) is 18.9 Å². The molecule has 0 spiro atoms. The molecule has 2 amide bonds. The van der Waals surface area contributed by atoms with Crippen LogP contribution in [0.15, 0.2) is 41.5 Å². The van der Waals surface area contributed by atoms with E-state index in [1.54, 1.807) is 50.4 Å². The second kappa shape index (κ2) is 14.0. The van der Waals surface area contributed by atoms with E-state index < -0.39 is 5.97 Å². The van der Waals surface area contributed by atoms with Gasteiger partial charge in [0.25, 0.3) is 5.91 Å². The third-order valence-electron chi connectivity index (χ3n) is 4.28. The molecule has 0 fully saturated rings. The molecule has 0 radical (unpaired) electrons. The molecule has 0 saturated carbocycles. The molecule has 11 heteroatoms. The Morgan fingerprint density at radius 3 is 2.47 bits per heavy atom. The lowest BCUT2D eigenvalue weighted by Crippen LogP contribution is -2.29. The number of carbonyl (C=O) groups is 3. The van der Waals surface area contributed by atoms with Crippen LogP contribution in [0.3, 0.4) is 0 Å². The number of ether oxygens (including phenoxy) is 4. The van der Waals surface area contributed by atoms with Crippen LogP contribution in [0.4, 0.5) is 0 Å². The first kappa shape index (κ1) is 26.9. The van der Waals surface area contributed by atoms with Crippen molar-refractivity contribution in [1.29, 1.82) is 0 Å². The van der Waals surface area contributed by atoms with Gasteiger partial charge in [-0.3, -0.25) is 9.59 Å². The van der Waals surface area contributed by atoms with Crippen molar-refractivity contribution >= 4 is 46.6 Å². The lowest BCUT2D eigenvalue weighted by Gasteiger charge is -2.13. The molecule has 10 nitrogen and oxygen atoms in total. The van der Waals surface area contributed by atoms with E-state index in [-0.39, 0.29) is 38.0 Å². The van der Waals surface area contributed by atoms with E-state index >= 15 is 0 Å². The average Bonchev–Trinajstić information content (AvgIpc) is 2.83. The highest BCUT2D eigenvalue weighted by atomic mass is 127. The van der Waals surface area contributed by atoms with Gasteiger partial charge in [0.15, 0.2) is 18.1 Å². The molecule has 2 aromatic rings. The van der Waals surface area contributed by atoms with E-state index in [1.807, 2.05) is 22.6 Å². The van der Waals surface area contributed by atoms with Crippen molar-refractivity contribution in [3.05, 3.63) is 51.1 Å². The predicted molar refractivity (Wildman–Crippen MR) is 134 cm³/mol. The van der Waals surface area contributed by atoms with Gasteiger partial charge in [0.05, 0.1) is 30.6 Å². The van der Waals surface area contributed by atoms with Crippen molar-refractivity contribution in [1.82, 2.24) is 10.7 Å². The quantitative estimate of drug-likeness (QED) is 0.170. The van der Waals surface area contributed by atoms with Crippen molar-refractivity contribution < 1.29 is 33.3 Å². The van der Waals surface area contributed by atoms with Gasteiger partial charge in [0.1, 0.15) is 5.75 Å². The van der Waals surface area contributed by atoms with Crippen LogP contribution in [0.2, 0.25) is 0 Å². The Kier molecular flexibility index (Phi) is 11.1. The second-order valence-electron chi connectivity index (χ2n) is 6.66. The van der Waals surface area contributed by atoms with Gasteiger partial charge in [0, 0.05) is 18.5 Å². The minimum absolute atomic E-state index is 0.0563. The van der Waals surface area contributed by atoms with Crippen LogP contribution in [0, 0.1) is 3.57 Å². The van der Waals surface area contributed by atoms with Crippen molar-refractivity contribution in [2.45, 2.75) is 13.3 Å².